The lowest BCUT2D eigenvalue weighted by molar-refractivity contribution is -0.143. The molecule has 0 aromatic heterocycles. The lowest BCUT2D eigenvalue weighted by atomic mass is 9.90. The highest BCUT2D eigenvalue weighted by molar-refractivity contribution is 5.96. The fraction of sp³-hybridized carbons (Fsp3) is 0.620. The van der Waals surface area contributed by atoms with E-state index in [1.807, 2.05) is 0 Å². The van der Waals surface area contributed by atoms with Crippen LogP contribution >= 0.6 is 0 Å². The Labute approximate surface area is 384 Å². The number of rotatable bonds is 24. The Balaban J connectivity index is 1.63. The molecule has 1 heterocycles. The molecule has 1 aliphatic heterocycles. The molecule has 0 aliphatic carbocycles. The number of aliphatic hydroxyl groups is 1. The van der Waals surface area contributed by atoms with Gasteiger partial charge in [-0.25, -0.2) is 4.79 Å². The first-order valence-electron chi connectivity index (χ1n) is 23.7. The number of aromatic hydroxyl groups is 2. The molecule has 0 unspecified atom stereocenters. The Morgan fingerprint density at radius 2 is 1.35 bits per heavy atom. The summed E-state index contributed by atoms with van der Waals surface area (Å²) in [6, 6.07) is 4.18. The van der Waals surface area contributed by atoms with Gasteiger partial charge >= 0.3 is 5.97 Å². The van der Waals surface area contributed by atoms with Crippen molar-refractivity contribution in [3.8, 4) is 22.6 Å². The first-order chi connectivity index (χ1) is 31.0. The molecule has 0 radical (unpaired) electrons. The lowest BCUT2D eigenvalue weighted by Crippen LogP contribution is -2.53. The summed E-state index contributed by atoms with van der Waals surface area (Å²) in [6.45, 7) is 4.48. The largest absolute Gasteiger partial charge is 0.507 e. The zero-order chi connectivity index (χ0) is 48.1. The normalized spacial score (nSPS) is 17.7. The van der Waals surface area contributed by atoms with E-state index in [9.17, 15) is 54.0 Å². The number of phenolic OH excluding ortho intramolecular Hbond substituents is 2. The fourth-order valence-corrected chi connectivity index (χ4v) is 8.29. The van der Waals surface area contributed by atoms with Crippen LogP contribution in [0, 0.1) is 5.92 Å². The number of Topliss-reactive ketones (excluding diaryl/α,β-unsaturated/α-hetero) is 2. The fourth-order valence-electron chi connectivity index (χ4n) is 8.29. The molecule has 15 heteroatoms. The van der Waals surface area contributed by atoms with E-state index >= 15 is 0 Å². The predicted octanol–water partition coefficient (Wildman–Crippen LogP) is 6.92. The summed E-state index contributed by atoms with van der Waals surface area (Å²) in [6.07, 6.45) is 15.2. The van der Waals surface area contributed by atoms with Crippen molar-refractivity contribution in [1.82, 2.24) is 20.4 Å². The molecule has 2 aromatic rings. The number of aryl methyl sites for hydroxylation is 1. The number of aliphatic carboxylic acids is 1. The average Bonchev–Trinajstić information content (AvgIpc) is 3.27. The Morgan fingerprint density at radius 3 is 1.94 bits per heavy atom. The van der Waals surface area contributed by atoms with E-state index in [2.05, 4.69) is 17.6 Å². The lowest BCUT2D eigenvalue weighted by Gasteiger charge is -2.29. The minimum atomic E-state index is -1.32. The smallest absolute Gasteiger partial charge is 0.326 e. The van der Waals surface area contributed by atoms with Crippen molar-refractivity contribution in [2.24, 2.45) is 5.92 Å². The molecule has 360 valence electrons. The maximum atomic E-state index is 14.1. The molecule has 5 atom stereocenters. The number of carbonyl (C=O) groups excluding carboxylic acids is 6. The summed E-state index contributed by atoms with van der Waals surface area (Å²) >= 11 is 0. The van der Waals surface area contributed by atoms with E-state index < -0.39 is 71.9 Å². The van der Waals surface area contributed by atoms with Crippen molar-refractivity contribution in [3.63, 3.8) is 0 Å². The second-order valence-corrected chi connectivity index (χ2v) is 17.8. The minimum Gasteiger partial charge on any atom is -0.507 e. The quantitative estimate of drug-likeness (QED) is 0.0592. The number of benzene rings is 2. The zero-order valence-corrected chi connectivity index (χ0v) is 39.2. The highest BCUT2D eigenvalue weighted by atomic mass is 16.4. The van der Waals surface area contributed by atoms with Crippen LogP contribution in [0.15, 0.2) is 36.4 Å². The molecule has 0 saturated carbocycles. The molecule has 0 saturated heterocycles. The maximum absolute atomic E-state index is 14.1. The van der Waals surface area contributed by atoms with E-state index in [0.29, 0.717) is 19.3 Å². The molecule has 1 aliphatic rings. The van der Waals surface area contributed by atoms with Gasteiger partial charge in [-0.05, 0) is 68.0 Å². The number of carboxylic acid groups (broad SMARTS) is 1. The van der Waals surface area contributed by atoms with Gasteiger partial charge in [0.1, 0.15) is 29.6 Å². The molecule has 0 fully saturated rings. The number of unbranched alkanes of at least 4 members (excludes halogenated alkanes) is 12. The summed E-state index contributed by atoms with van der Waals surface area (Å²) in [5.74, 6) is -5.97. The number of nitrogens with zero attached hydrogens (tertiary/aromatic N) is 2. The monoisotopic (exact) mass is 907 g/mol. The number of phenols is 2. The number of hydrogen-bond acceptors (Lipinski definition) is 10. The van der Waals surface area contributed by atoms with E-state index in [1.165, 1.54) is 115 Å². The first-order valence-corrected chi connectivity index (χ1v) is 23.7. The van der Waals surface area contributed by atoms with E-state index in [-0.39, 0.29) is 66.2 Å². The Morgan fingerprint density at radius 1 is 0.785 bits per heavy atom. The van der Waals surface area contributed by atoms with Gasteiger partial charge in [-0.2, -0.15) is 0 Å². The Hall–Kier alpha value is -5.31. The van der Waals surface area contributed by atoms with Gasteiger partial charge in [-0.15, -0.1) is 0 Å². The van der Waals surface area contributed by atoms with Crippen molar-refractivity contribution in [2.75, 3.05) is 20.7 Å². The van der Waals surface area contributed by atoms with Gasteiger partial charge in [0.2, 0.25) is 23.6 Å². The van der Waals surface area contributed by atoms with Crippen LogP contribution in [-0.4, -0.2) is 110 Å². The second kappa shape index (κ2) is 27.9. The van der Waals surface area contributed by atoms with Crippen LogP contribution < -0.4 is 10.6 Å². The summed E-state index contributed by atoms with van der Waals surface area (Å²) in [7, 11) is 2.81. The predicted molar refractivity (Wildman–Crippen MR) is 248 cm³/mol. The summed E-state index contributed by atoms with van der Waals surface area (Å²) < 4.78 is 0. The van der Waals surface area contributed by atoms with E-state index in [1.54, 1.807) is 12.1 Å². The van der Waals surface area contributed by atoms with Gasteiger partial charge in [0, 0.05) is 56.8 Å². The summed E-state index contributed by atoms with van der Waals surface area (Å²) in [5.41, 5.74) is 1.40. The first kappa shape index (κ1) is 54.0. The number of carboxylic acids is 1. The number of carbonyl (C=O) groups is 7. The Bertz CT molecular complexity index is 1920. The van der Waals surface area contributed by atoms with Gasteiger partial charge in [0.25, 0.3) is 0 Å². The van der Waals surface area contributed by atoms with Crippen LogP contribution in [0.3, 0.4) is 0 Å². The maximum Gasteiger partial charge on any atom is 0.326 e. The van der Waals surface area contributed by atoms with Crippen LogP contribution in [0.1, 0.15) is 160 Å². The number of amides is 4. The third-order valence-electron chi connectivity index (χ3n) is 12.6. The van der Waals surface area contributed by atoms with Crippen LogP contribution in [0.4, 0.5) is 0 Å². The summed E-state index contributed by atoms with van der Waals surface area (Å²) in [5, 5.41) is 46.8. The summed E-state index contributed by atoms with van der Waals surface area (Å²) in [4.78, 5) is 95.0. The standard InChI is InChI=1S/C50H74N4O11/c1-6-7-8-9-10-11-12-13-14-15-16-17-18-22-45(60)53(4)40(32-55)49(63)51-34(3)41(56)27-28-46(61)54(5)47-36-24-26-43(58)38(31-36)37-30-35(23-25-42(37)57)20-19-21-39(50(64)65)52-48(62)33(2)29-44(47)59/h23-26,30-31,33-34,39-40,47,55,57-58H,6-22,27-29,32H2,1-5H3,(H,51,63)(H,52,62)(H,64,65)/t33-,34-,39+,40-,47+/m1/s1. The number of ketones is 2. The van der Waals surface area contributed by atoms with E-state index in [0.717, 1.165) is 29.7 Å². The average molecular weight is 907 g/mol. The van der Waals surface area contributed by atoms with Crippen LogP contribution in [0.5, 0.6) is 11.5 Å². The third kappa shape index (κ3) is 17.2. The van der Waals surface area contributed by atoms with E-state index in [4.69, 9.17) is 0 Å². The molecule has 2 aromatic carbocycles. The van der Waals surface area contributed by atoms with Crippen molar-refractivity contribution in [2.45, 2.75) is 173 Å². The molecular weight excluding hydrogens is 833 g/mol. The number of hydrogen-bond donors (Lipinski definition) is 6. The highest BCUT2D eigenvalue weighted by Gasteiger charge is 2.34. The van der Waals surface area contributed by atoms with Crippen molar-refractivity contribution < 1.29 is 54.0 Å². The molecule has 6 N–H and O–H groups in total. The number of nitrogens with one attached hydrogen (secondary N) is 2. The van der Waals surface area contributed by atoms with Crippen molar-refractivity contribution in [1.29, 1.82) is 0 Å². The minimum absolute atomic E-state index is 0.0951. The molecule has 15 nitrogen and oxygen atoms in total. The van der Waals surface area contributed by atoms with Crippen LogP contribution in [0.2, 0.25) is 0 Å². The molecule has 65 heavy (non-hydrogen) atoms. The second-order valence-electron chi connectivity index (χ2n) is 17.8. The van der Waals surface area contributed by atoms with Crippen molar-refractivity contribution in [3.05, 3.63) is 47.5 Å². The molecule has 3 rings (SSSR count). The molecule has 4 bridgehead atoms. The highest BCUT2D eigenvalue weighted by Crippen LogP contribution is 2.39. The Kier molecular flexibility index (Phi) is 23.2. The van der Waals surface area contributed by atoms with Gasteiger partial charge in [-0.1, -0.05) is 103 Å². The SMILES string of the molecule is CCCCCCCCCCCCCCCC(=O)N(C)[C@H](CO)C(=O)N[C@H](C)C(=O)CCC(=O)N(C)[C@@H]1C(=O)C[C@@H](C)C(=O)N[C@H](C(=O)O)CCCc2ccc(O)c(c2)-c2cc1ccc2O. The number of aliphatic hydroxyl groups excluding tert-OH is 1. The van der Waals surface area contributed by atoms with Crippen LogP contribution in [-0.2, 0) is 40.0 Å². The van der Waals surface area contributed by atoms with Gasteiger partial charge in [0.15, 0.2) is 11.6 Å². The zero-order valence-electron chi connectivity index (χ0n) is 39.2. The van der Waals surface area contributed by atoms with Gasteiger partial charge < -0.3 is 40.9 Å². The topological polar surface area (TPSA) is 231 Å². The molecular formula is C50H74N4O11. The van der Waals surface area contributed by atoms with Crippen LogP contribution in [0.25, 0.3) is 11.1 Å². The molecule has 4 amide bonds. The van der Waals surface area contributed by atoms with Gasteiger partial charge in [-0.3, -0.25) is 28.8 Å². The number of likely N-dealkylation sites (N-methyl/N-ethyl adjacent to an activating group) is 2. The van der Waals surface area contributed by atoms with Gasteiger partial charge in [0.05, 0.1) is 12.6 Å². The molecule has 0 spiro atoms. The number of fused-ring (bicyclic) bond motifs is 5. The van der Waals surface area contributed by atoms with Crippen molar-refractivity contribution >= 4 is 41.2 Å². The third-order valence-corrected chi connectivity index (χ3v) is 12.6.